The molecule has 2 aromatic rings. The van der Waals surface area contributed by atoms with E-state index in [0.717, 1.165) is 0 Å². The maximum atomic E-state index is 12.5. The Bertz CT molecular complexity index is 871. The monoisotopic (exact) mass is 434 g/mol. The minimum absolute atomic E-state index is 0.000435. The Labute approximate surface area is 179 Å². The van der Waals surface area contributed by atoms with E-state index >= 15 is 0 Å². The summed E-state index contributed by atoms with van der Waals surface area (Å²) >= 11 is 0. The second-order valence-corrected chi connectivity index (χ2v) is 7.33. The lowest BCUT2D eigenvalue weighted by atomic mass is 9.99. The summed E-state index contributed by atoms with van der Waals surface area (Å²) < 4.78 is 16.4. The fourth-order valence-electron chi connectivity index (χ4n) is 3.20. The zero-order chi connectivity index (χ0) is 22.5. The van der Waals surface area contributed by atoms with E-state index in [-0.39, 0.29) is 23.7 Å². The van der Waals surface area contributed by atoms with Gasteiger partial charge in [0.2, 0.25) is 0 Å². The number of aliphatic hydroxyl groups is 4. The van der Waals surface area contributed by atoms with Crippen LogP contribution in [0.3, 0.4) is 0 Å². The molecule has 2 aromatic carbocycles. The summed E-state index contributed by atoms with van der Waals surface area (Å²) in [7, 11) is 0. The molecule has 0 aliphatic carbocycles. The molecule has 0 radical (unpaired) electrons. The Morgan fingerprint density at radius 3 is 2.42 bits per heavy atom. The molecule has 2 unspecified atom stereocenters. The molecular formula is C22H26O9. The summed E-state index contributed by atoms with van der Waals surface area (Å²) in [4.78, 5) is 12.5. The van der Waals surface area contributed by atoms with Crippen molar-refractivity contribution in [2.45, 2.75) is 43.7 Å². The predicted molar refractivity (Wildman–Crippen MR) is 108 cm³/mol. The first-order valence-corrected chi connectivity index (χ1v) is 9.83. The van der Waals surface area contributed by atoms with Gasteiger partial charge >= 0.3 is 0 Å². The summed E-state index contributed by atoms with van der Waals surface area (Å²) in [6, 6.07) is 12.9. The van der Waals surface area contributed by atoms with E-state index in [2.05, 4.69) is 0 Å². The molecule has 0 spiro atoms. The Kier molecular flexibility index (Phi) is 7.60. The molecule has 0 amide bonds. The molecule has 1 aliphatic rings. The molecule has 3 rings (SSSR count). The molecule has 0 aromatic heterocycles. The molecule has 1 aliphatic heterocycles. The molecule has 0 saturated carbocycles. The summed E-state index contributed by atoms with van der Waals surface area (Å²) in [5, 5.41) is 49.1. The quantitative estimate of drug-likeness (QED) is 0.368. The van der Waals surface area contributed by atoms with Crippen molar-refractivity contribution in [1.29, 1.82) is 0 Å². The molecular weight excluding hydrogens is 408 g/mol. The average Bonchev–Trinajstić information content (AvgIpc) is 2.78. The summed E-state index contributed by atoms with van der Waals surface area (Å²) in [6.07, 6.45) is -7.46. The lowest BCUT2D eigenvalue weighted by molar-refractivity contribution is -0.311. The van der Waals surface area contributed by atoms with Crippen LogP contribution in [0.2, 0.25) is 0 Å². The second-order valence-electron chi connectivity index (χ2n) is 7.33. The van der Waals surface area contributed by atoms with Gasteiger partial charge in [-0.3, -0.25) is 4.79 Å². The van der Waals surface area contributed by atoms with Crippen molar-refractivity contribution < 1.29 is 44.5 Å². The second kappa shape index (κ2) is 10.2. The fourth-order valence-corrected chi connectivity index (χ4v) is 3.20. The molecule has 168 valence electrons. The Balaban J connectivity index is 1.57. The Hall–Kier alpha value is -2.53. The van der Waals surface area contributed by atoms with Crippen LogP contribution in [0, 0.1) is 0 Å². The van der Waals surface area contributed by atoms with E-state index in [1.807, 2.05) is 0 Å². The van der Waals surface area contributed by atoms with Crippen LogP contribution < -0.4 is 4.74 Å². The number of phenols is 1. The third kappa shape index (κ3) is 5.40. The number of phenolic OH excluding ortho intramolecular Hbond substituents is 1. The van der Waals surface area contributed by atoms with E-state index in [1.54, 1.807) is 37.3 Å². The lowest BCUT2D eigenvalue weighted by Gasteiger charge is -2.40. The van der Waals surface area contributed by atoms with Crippen LogP contribution >= 0.6 is 0 Å². The highest BCUT2D eigenvalue weighted by atomic mass is 16.7. The topological polar surface area (TPSA) is 146 Å². The van der Waals surface area contributed by atoms with Crippen molar-refractivity contribution in [3.05, 3.63) is 59.7 Å². The maximum Gasteiger partial charge on any atom is 0.196 e. The summed E-state index contributed by atoms with van der Waals surface area (Å²) in [5.74, 6) is -0.246. The van der Waals surface area contributed by atoms with Crippen LogP contribution in [-0.4, -0.2) is 81.3 Å². The van der Waals surface area contributed by atoms with Gasteiger partial charge in [0.15, 0.2) is 12.1 Å². The Morgan fingerprint density at radius 1 is 1.06 bits per heavy atom. The van der Waals surface area contributed by atoms with Crippen molar-refractivity contribution in [2.75, 3.05) is 13.2 Å². The van der Waals surface area contributed by atoms with Gasteiger partial charge in [0, 0.05) is 11.6 Å². The van der Waals surface area contributed by atoms with E-state index in [4.69, 9.17) is 14.2 Å². The fraction of sp³-hybridized carbons (Fsp3) is 0.409. The molecule has 1 saturated heterocycles. The van der Waals surface area contributed by atoms with Gasteiger partial charge in [-0.25, -0.2) is 0 Å². The van der Waals surface area contributed by atoms with Gasteiger partial charge in [0.05, 0.1) is 18.3 Å². The smallest absolute Gasteiger partial charge is 0.196 e. The lowest BCUT2D eigenvalue weighted by Crippen LogP contribution is -2.59. The number of rotatable bonds is 8. The highest BCUT2D eigenvalue weighted by molar-refractivity contribution is 6.10. The molecule has 9 nitrogen and oxygen atoms in total. The first-order valence-electron chi connectivity index (χ1n) is 9.83. The third-order valence-corrected chi connectivity index (χ3v) is 4.95. The van der Waals surface area contributed by atoms with Crippen molar-refractivity contribution in [2.24, 2.45) is 0 Å². The minimum atomic E-state index is -1.53. The number of ketones is 1. The van der Waals surface area contributed by atoms with Gasteiger partial charge in [-0.05, 0) is 19.1 Å². The molecule has 1 heterocycles. The van der Waals surface area contributed by atoms with Crippen LogP contribution in [0.5, 0.6) is 11.5 Å². The summed E-state index contributed by atoms with van der Waals surface area (Å²) in [6.45, 7) is 1.08. The van der Waals surface area contributed by atoms with Crippen molar-refractivity contribution in [3.63, 3.8) is 0 Å². The van der Waals surface area contributed by atoms with Crippen LogP contribution in [-0.2, 0) is 9.47 Å². The van der Waals surface area contributed by atoms with Gasteiger partial charge in [-0.1, -0.05) is 30.3 Å². The molecule has 5 N–H and O–H groups in total. The Morgan fingerprint density at radius 2 is 1.77 bits per heavy atom. The molecule has 6 atom stereocenters. The predicted octanol–water partition coefficient (Wildman–Crippen LogP) is 0.207. The standard InChI is InChI=1S/C22H26O9/c1-12(30-22-21(28)20(27)19(26)17(10-23)31-22)11-29-14-7-8-15(16(24)9-14)18(25)13-5-3-2-4-6-13/h2-9,12,17,19-24,26-28H,10-11H2,1H3/t12?,17-,19-,20+,21-,22?/m1/s1. The largest absolute Gasteiger partial charge is 0.507 e. The maximum absolute atomic E-state index is 12.5. The van der Waals surface area contributed by atoms with E-state index < -0.39 is 43.4 Å². The number of aliphatic hydroxyl groups excluding tert-OH is 4. The first kappa shape index (κ1) is 23.1. The zero-order valence-corrected chi connectivity index (χ0v) is 16.9. The highest BCUT2D eigenvalue weighted by Crippen LogP contribution is 2.27. The van der Waals surface area contributed by atoms with E-state index in [9.17, 15) is 30.3 Å². The normalized spacial score (nSPS) is 26.9. The number of hydrogen-bond donors (Lipinski definition) is 5. The SMILES string of the molecule is CC(COc1ccc(C(=O)c2ccccc2)c(O)c1)OC1O[C@H](CO)[C@@H](O)[C@H](O)[C@H]1O. The number of aromatic hydroxyl groups is 1. The molecule has 0 bridgehead atoms. The molecule has 9 heteroatoms. The number of carbonyl (C=O) groups is 1. The number of benzene rings is 2. The van der Waals surface area contributed by atoms with Gasteiger partial charge in [-0.2, -0.15) is 0 Å². The van der Waals surface area contributed by atoms with Crippen LogP contribution in [0.4, 0.5) is 0 Å². The van der Waals surface area contributed by atoms with E-state index in [1.165, 1.54) is 18.2 Å². The van der Waals surface area contributed by atoms with Crippen molar-refractivity contribution >= 4 is 5.78 Å². The zero-order valence-electron chi connectivity index (χ0n) is 16.9. The van der Waals surface area contributed by atoms with Gasteiger partial charge in [0.25, 0.3) is 0 Å². The van der Waals surface area contributed by atoms with Gasteiger partial charge < -0.3 is 39.7 Å². The van der Waals surface area contributed by atoms with Crippen LogP contribution in [0.15, 0.2) is 48.5 Å². The van der Waals surface area contributed by atoms with Crippen molar-refractivity contribution in [1.82, 2.24) is 0 Å². The highest BCUT2D eigenvalue weighted by Gasteiger charge is 2.44. The van der Waals surface area contributed by atoms with Crippen LogP contribution in [0.25, 0.3) is 0 Å². The average molecular weight is 434 g/mol. The van der Waals surface area contributed by atoms with Gasteiger partial charge in [0.1, 0.15) is 42.5 Å². The first-order chi connectivity index (χ1) is 14.8. The van der Waals surface area contributed by atoms with Crippen LogP contribution in [0.1, 0.15) is 22.8 Å². The minimum Gasteiger partial charge on any atom is -0.507 e. The van der Waals surface area contributed by atoms with Crippen molar-refractivity contribution in [3.8, 4) is 11.5 Å². The number of carbonyl (C=O) groups excluding carboxylic acids is 1. The molecule has 31 heavy (non-hydrogen) atoms. The molecule has 1 fully saturated rings. The summed E-state index contributed by atoms with van der Waals surface area (Å²) in [5.41, 5.74) is 0.595. The number of hydrogen-bond acceptors (Lipinski definition) is 9. The number of ether oxygens (including phenoxy) is 3. The van der Waals surface area contributed by atoms with Gasteiger partial charge in [-0.15, -0.1) is 0 Å². The third-order valence-electron chi connectivity index (χ3n) is 4.95. The van der Waals surface area contributed by atoms with E-state index in [0.29, 0.717) is 11.3 Å².